The molecule has 3 aromatic rings. The highest BCUT2D eigenvalue weighted by molar-refractivity contribution is 7.22. The molecule has 0 aliphatic carbocycles. The summed E-state index contributed by atoms with van der Waals surface area (Å²) in [6, 6.07) is 10.1. The number of benzene rings is 1. The number of carbonyl (C=O) groups is 2. The van der Waals surface area contributed by atoms with Crippen molar-refractivity contribution < 1.29 is 9.59 Å². The van der Waals surface area contributed by atoms with E-state index in [1.807, 2.05) is 32.0 Å². The molecule has 4 rings (SSSR count). The van der Waals surface area contributed by atoms with E-state index >= 15 is 0 Å². The van der Waals surface area contributed by atoms with Gasteiger partial charge in [0.2, 0.25) is 11.8 Å². The van der Waals surface area contributed by atoms with E-state index < -0.39 is 0 Å². The van der Waals surface area contributed by atoms with E-state index in [9.17, 15) is 14.4 Å². The van der Waals surface area contributed by atoms with Crippen molar-refractivity contribution in [2.75, 3.05) is 24.5 Å². The van der Waals surface area contributed by atoms with Crippen LogP contribution in [0.5, 0.6) is 0 Å². The molecule has 9 nitrogen and oxygen atoms in total. The molecular weight excluding hydrogens is 464 g/mol. The Kier molecular flexibility index (Phi) is 8.12. The lowest BCUT2D eigenvalue weighted by atomic mass is 9.97. The molecule has 186 valence electrons. The van der Waals surface area contributed by atoms with Crippen LogP contribution in [0.25, 0.3) is 10.3 Å². The van der Waals surface area contributed by atoms with E-state index in [-0.39, 0.29) is 35.9 Å². The molecule has 1 fully saturated rings. The summed E-state index contributed by atoms with van der Waals surface area (Å²) in [5, 5.41) is 6.55. The van der Waals surface area contributed by atoms with E-state index in [0.29, 0.717) is 28.6 Å². The monoisotopic (exact) mass is 496 g/mol. The Hall–Kier alpha value is -3.27. The predicted molar refractivity (Wildman–Crippen MR) is 138 cm³/mol. The normalized spacial score (nSPS) is 16.7. The molecule has 1 aliphatic rings. The number of aromatic nitrogens is 3. The van der Waals surface area contributed by atoms with Gasteiger partial charge in [-0.1, -0.05) is 41.7 Å². The molecule has 2 aromatic heterocycles. The Morgan fingerprint density at radius 2 is 2.06 bits per heavy atom. The third-order valence-corrected chi connectivity index (χ3v) is 7.31. The van der Waals surface area contributed by atoms with Gasteiger partial charge >= 0.3 is 0 Å². The first-order chi connectivity index (χ1) is 16.9. The number of rotatable bonds is 9. The van der Waals surface area contributed by atoms with Crippen molar-refractivity contribution in [3.05, 3.63) is 52.6 Å². The molecule has 3 heterocycles. The van der Waals surface area contributed by atoms with Crippen LogP contribution in [0.3, 0.4) is 0 Å². The van der Waals surface area contributed by atoms with E-state index in [4.69, 9.17) is 0 Å². The van der Waals surface area contributed by atoms with Crippen molar-refractivity contribution in [2.45, 2.75) is 52.1 Å². The number of fused-ring (bicyclic) bond motifs is 1. The van der Waals surface area contributed by atoms with Gasteiger partial charge in [0, 0.05) is 25.7 Å². The number of amides is 2. The van der Waals surface area contributed by atoms with Crippen molar-refractivity contribution in [1.82, 2.24) is 25.2 Å². The fraction of sp³-hybridized carbons (Fsp3) is 0.480. The van der Waals surface area contributed by atoms with Gasteiger partial charge in [0.05, 0.1) is 5.92 Å². The second-order valence-electron chi connectivity index (χ2n) is 9.00. The zero-order valence-electron chi connectivity index (χ0n) is 20.2. The molecule has 0 saturated carbocycles. The number of hydrogen-bond acceptors (Lipinski definition) is 7. The molecule has 2 amide bonds. The van der Waals surface area contributed by atoms with Crippen LogP contribution in [-0.2, 0) is 22.6 Å². The molecule has 2 atom stereocenters. The van der Waals surface area contributed by atoms with E-state index in [1.54, 1.807) is 0 Å². The van der Waals surface area contributed by atoms with Crippen LogP contribution >= 0.6 is 11.3 Å². The van der Waals surface area contributed by atoms with Crippen molar-refractivity contribution >= 4 is 38.6 Å². The third-order valence-electron chi connectivity index (χ3n) is 6.22. The van der Waals surface area contributed by atoms with Crippen LogP contribution < -0.4 is 21.1 Å². The Bertz CT molecular complexity index is 1220. The number of piperidine rings is 1. The summed E-state index contributed by atoms with van der Waals surface area (Å²) in [6.45, 7) is 5.75. The van der Waals surface area contributed by atoms with Gasteiger partial charge in [-0.05, 0) is 45.1 Å². The minimum Gasteiger partial charge on any atom is -0.356 e. The average molecular weight is 497 g/mol. The number of thiazole rings is 1. The minimum atomic E-state index is -0.275. The Labute approximate surface area is 208 Å². The molecule has 2 N–H and O–H groups in total. The summed E-state index contributed by atoms with van der Waals surface area (Å²) < 4.78 is 1.75. The number of aryl methyl sites for hydroxylation is 1. The van der Waals surface area contributed by atoms with Crippen molar-refractivity contribution in [2.24, 2.45) is 5.92 Å². The zero-order chi connectivity index (χ0) is 24.8. The van der Waals surface area contributed by atoms with Gasteiger partial charge in [0.25, 0.3) is 5.56 Å². The molecule has 35 heavy (non-hydrogen) atoms. The fourth-order valence-corrected chi connectivity index (χ4v) is 5.35. The van der Waals surface area contributed by atoms with Crippen LogP contribution in [0.15, 0.2) is 41.5 Å². The van der Waals surface area contributed by atoms with Crippen LogP contribution in [0.4, 0.5) is 5.13 Å². The van der Waals surface area contributed by atoms with Crippen LogP contribution in [0.1, 0.15) is 38.7 Å². The van der Waals surface area contributed by atoms with Crippen molar-refractivity contribution in [3.63, 3.8) is 0 Å². The molecule has 0 unspecified atom stereocenters. The highest BCUT2D eigenvalue weighted by atomic mass is 32.1. The summed E-state index contributed by atoms with van der Waals surface area (Å²) in [5.41, 5.74) is 1.33. The number of anilines is 1. The zero-order valence-corrected chi connectivity index (χ0v) is 21.0. The summed E-state index contributed by atoms with van der Waals surface area (Å²) in [5.74, 6) is -0.255. The summed E-state index contributed by atoms with van der Waals surface area (Å²) in [4.78, 5) is 48.8. The molecule has 0 spiro atoms. The second-order valence-corrected chi connectivity index (χ2v) is 9.98. The van der Waals surface area contributed by atoms with Gasteiger partial charge in [-0.2, -0.15) is 4.98 Å². The lowest BCUT2D eigenvalue weighted by molar-refractivity contribution is -0.125. The molecular formula is C25H32N6O3S. The summed E-state index contributed by atoms with van der Waals surface area (Å²) in [7, 11) is 0. The van der Waals surface area contributed by atoms with Crippen LogP contribution in [0, 0.1) is 5.92 Å². The minimum absolute atomic E-state index is 0.0120. The van der Waals surface area contributed by atoms with Gasteiger partial charge in [-0.3, -0.25) is 19.0 Å². The standard InChI is InChI=1S/C25H32N6O3S/c1-3-26-23(33)19-10-7-13-30(14-19)25-29-22-21(35-25)24(34)31(16-27-22)15-20(32)28-17(2)11-12-18-8-5-4-6-9-18/h4-6,8-9,16-17,19H,3,7,10-15H2,1-2H3,(H,26,33)(H,28,32)/t17-,19+/m1/s1. The van der Waals surface area contributed by atoms with Crippen molar-refractivity contribution in [3.8, 4) is 0 Å². The highest BCUT2D eigenvalue weighted by Crippen LogP contribution is 2.29. The van der Waals surface area contributed by atoms with Gasteiger partial charge in [0.15, 0.2) is 10.8 Å². The third kappa shape index (κ3) is 6.25. The van der Waals surface area contributed by atoms with E-state index in [1.165, 1.54) is 27.8 Å². The SMILES string of the molecule is CCNC(=O)[C@H]1CCCN(c2nc3ncn(CC(=O)N[C@H](C)CCc4ccccc4)c(=O)c3s2)C1. The molecule has 1 aliphatic heterocycles. The maximum absolute atomic E-state index is 13.0. The molecule has 0 radical (unpaired) electrons. The number of carbonyl (C=O) groups excluding carboxylic acids is 2. The topological polar surface area (TPSA) is 109 Å². The maximum Gasteiger partial charge on any atom is 0.273 e. The second kappa shape index (κ2) is 11.4. The van der Waals surface area contributed by atoms with Crippen LogP contribution in [0.2, 0.25) is 0 Å². The molecule has 0 bridgehead atoms. The fourth-order valence-electron chi connectivity index (χ4n) is 4.34. The highest BCUT2D eigenvalue weighted by Gasteiger charge is 2.27. The van der Waals surface area contributed by atoms with Gasteiger partial charge < -0.3 is 15.5 Å². The number of hydrogen-bond donors (Lipinski definition) is 2. The first kappa shape index (κ1) is 24.8. The smallest absolute Gasteiger partial charge is 0.273 e. The Morgan fingerprint density at radius 3 is 2.83 bits per heavy atom. The van der Waals surface area contributed by atoms with Crippen LogP contribution in [-0.4, -0.2) is 52.0 Å². The number of nitrogens with one attached hydrogen (secondary N) is 2. The Balaban J connectivity index is 1.39. The predicted octanol–water partition coefficient (Wildman–Crippen LogP) is 2.34. The Morgan fingerprint density at radius 1 is 1.26 bits per heavy atom. The lowest BCUT2D eigenvalue weighted by Gasteiger charge is -2.31. The molecule has 1 saturated heterocycles. The first-order valence-corrected chi connectivity index (χ1v) is 13.0. The first-order valence-electron chi connectivity index (χ1n) is 12.2. The summed E-state index contributed by atoms with van der Waals surface area (Å²) >= 11 is 1.27. The number of nitrogens with zero attached hydrogens (tertiary/aromatic N) is 4. The van der Waals surface area contributed by atoms with E-state index in [0.717, 1.165) is 32.2 Å². The van der Waals surface area contributed by atoms with Gasteiger partial charge in [-0.25, -0.2) is 4.98 Å². The van der Waals surface area contributed by atoms with Gasteiger partial charge in [0.1, 0.15) is 17.6 Å². The quantitative estimate of drug-likeness (QED) is 0.471. The average Bonchev–Trinajstić information content (AvgIpc) is 3.31. The molecule has 10 heteroatoms. The lowest BCUT2D eigenvalue weighted by Crippen LogP contribution is -2.43. The molecule has 1 aromatic carbocycles. The van der Waals surface area contributed by atoms with E-state index in [2.05, 4.69) is 37.6 Å². The van der Waals surface area contributed by atoms with Gasteiger partial charge in [-0.15, -0.1) is 0 Å². The maximum atomic E-state index is 13.0. The largest absolute Gasteiger partial charge is 0.356 e. The summed E-state index contributed by atoms with van der Waals surface area (Å²) in [6.07, 6.45) is 4.80. The van der Waals surface area contributed by atoms with Crippen molar-refractivity contribution in [1.29, 1.82) is 0 Å².